The molecular weight excluding hydrogens is 610 g/mol. The maximum absolute atomic E-state index is 11.3. The normalized spacial score (nSPS) is 11.3. The SMILES string of the molecule is CCCCCCn1c(C=Cc2ccc(N(c3ccc(OC)cc3)c3ccc(OC)cc3)cc2)ccc1-c1ccc(C=C(C#N)C(=O)O)cc1. The van der Waals surface area contributed by atoms with Crippen molar-refractivity contribution in [1.29, 1.82) is 5.26 Å². The van der Waals surface area contributed by atoms with E-state index < -0.39 is 5.97 Å². The van der Waals surface area contributed by atoms with Crippen LogP contribution in [0.25, 0.3) is 29.5 Å². The Hall–Kier alpha value is -6.00. The number of benzene rings is 4. The zero-order chi connectivity index (χ0) is 34.6. The quantitative estimate of drug-likeness (QED) is 0.0688. The van der Waals surface area contributed by atoms with Crippen molar-refractivity contribution in [1.82, 2.24) is 4.57 Å². The molecule has 7 heteroatoms. The first-order valence-corrected chi connectivity index (χ1v) is 16.5. The van der Waals surface area contributed by atoms with Crippen molar-refractivity contribution in [2.24, 2.45) is 0 Å². The van der Waals surface area contributed by atoms with Gasteiger partial charge in [-0.25, -0.2) is 4.79 Å². The molecule has 1 N–H and O–H groups in total. The third kappa shape index (κ3) is 8.68. The van der Waals surface area contributed by atoms with Gasteiger partial charge >= 0.3 is 5.97 Å². The van der Waals surface area contributed by atoms with Crippen molar-refractivity contribution in [3.05, 3.63) is 132 Å². The Morgan fingerprint density at radius 2 is 1.29 bits per heavy atom. The minimum Gasteiger partial charge on any atom is -0.497 e. The number of ether oxygens (including phenoxy) is 2. The second-order valence-electron chi connectivity index (χ2n) is 11.6. The van der Waals surface area contributed by atoms with Crippen LogP contribution in [0, 0.1) is 11.3 Å². The highest BCUT2D eigenvalue weighted by Gasteiger charge is 2.14. The molecule has 0 amide bonds. The Balaban J connectivity index is 1.41. The highest BCUT2D eigenvalue weighted by atomic mass is 16.5. The summed E-state index contributed by atoms with van der Waals surface area (Å²) in [4.78, 5) is 13.5. The lowest BCUT2D eigenvalue weighted by Crippen LogP contribution is -2.09. The number of unbranched alkanes of at least 4 members (excludes halogenated alkanes) is 3. The van der Waals surface area contributed by atoms with Crippen LogP contribution in [0.15, 0.2) is 115 Å². The van der Waals surface area contributed by atoms with Crippen LogP contribution >= 0.6 is 0 Å². The molecule has 0 aliphatic heterocycles. The number of nitrogens with zero attached hydrogens (tertiary/aromatic N) is 3. The number of carbonyl (C=O) groups is 1. The van der Waals surface area contributed by atoms with Gasteiger partial charge in [0.25, 0.3) is 0 Å². The maximum Gasteiger partial charge on any atom is 0.346 e. The summed E-state index contributed by atoms with van der Waals surface area (Å²) in [5.74, 6) is 0.373. The molecule has 0 bridgehead atoms. The number of rotatable bonds is 15. The molecule has 248 valence electrons. The highest BCUT2D eigenvalue weighted by molar-refractivity contribution is 5.96. The minimum atomic E-state index is -1.23. The van der Waals surface area contributed by atoms with E-state index in [0.717, 1.165) is 70.5 Å². The molecule has 1 aromatic heterocycles. The van der Waals surface area contributed by atoms with Gasteiger partial charge in [0.15, 0.2) is 0 Å². The van der Waals surface area contributed by atoms with E-state index in [1.165, 1.54) is 18.9 Å². The number of carboxylic acid groups (broad SMARTS) is 1. The topological polar surface area (TPSA) is 87.7 Å². The average molecular weight is 652 g/mol. The number of anilines is 3. The van der Waals surface area contributed by atoms with E-state index in [2.05, 4.69) is 64.9 Å². The van der Waals surface area contributed by atoms with Crippen LogP contribution in [0.5, 0.6) is 11.5 Å². The molecule has 7 nitrogen and oxygen atoms in total. The second kappa shape index (κ2) is 16.7. The van der Waals surface area contributed by atoms with Gasteiger partial charge in [-0.2, -0.15) is 5.26 Å². The number of aliphatic carboxylic acids is 1. The maximum atomic E-state index is 11.3. The lowest BCUT2D eigenvalue weighted by molar-refractivity contribution is -0.132. The predicted molar refractivity (Wildman–Crippen MR) is 198 cm³/mol. The smallest absolute Gasteiger partial charge is 0.346 e. The van der Waals surface area contributed by atoms with Crippen LogP contribution in [-0.4, -0.2) is 29.9 Å². The summed E-state index contributed by atoms with van der Waals surface area (Å²) < 4.78 is 13.1. The Bertz CT molecular complexity index is 1880. The average Bonchev–Trinajstić information content (AvgIpc) is 3.55. The first kappa shape index (κ1) is 34.3. The van der Waals surface area contributed by atoms with Crippen LogP contribution in [0.1, 0.15) is 49.4 Å². The van der Waals surface area contributed by atoms with E-state index in [1.54, 1.807) is 20.3 Å². The van der Waals surface area contributed by atoms with E-state index >= 15 is 0 Å². The predicted octanol–water partition coefficient (Wildman–Crippen LogP) is 10.4. The molecule has 0 atom stereocenters. The molecule has 0 spiro atoms. The number of hydrogen-bond acceptors (Lipinski definition) is 5. The van der Waals surface area contributed by atoms with E-state index in [4.69, 9.17) is 14.7 Å². The zero-order valence-electron chi connectivity index (χ0n) is 28.2. The van der Waals surface area contributed by atoms with E-state index in [-0.39, 0.29) is 5.57 Å². The molecule has 1 heterocycles. The van der Waals surface area contributed by atoms with E-state index in [9.17, 15) is 9.90 Å². The van der Waals surface area contributed by atoms with Gasteiger partial charge in [0.1, 0.15) is 23.1 Å². The molecule has 0 unspecified atom stereocenters. The highest BCUT2D eigenvalue weighted by Crippen LogP contribution is 2.36. The first-order chi connectivity index (χ1) is 23.9. The van der Waals surface area contributed by atoms with Crippen LogP contribution in [0.2, 0.25) is 0 Å². The van der Waals surface area contributed by atoms with E-state index in [0.29, 0.717) is 5.56 Å². The van der Waals surface area contributed by atoms with Crippen LogP contribution in [0.3, 0.4) is 0 Å². The molecule has 0 radical (unpaired) electrons. The molecule has 0 saturated heterocycles. The standard InChI is InChI=1S/C42H41N3O4/c1-4-5-6-7-28-44-35(22-27-41(44)33-13-8-32(9-14-33)29-34(30-43)42(46)47)15-10-31-11-16-36(17-12-31)45(37-18-23-39(48-2)24-19-37)38-20-25-40(49-3)26-21-38/h8-27,29H,4-7,28H2,1-3H3,(H,46,47). The largest absolute Gasteiger partial charge is 0.497 e. The summed E-state index contributed by atoms with van der Waals surface area (Å²) in [5, 5.41) is 18.3. The molecule has 0 aliphatic carbocycles. The van der Waals surface area contributed by atoms with Crippen LogP contribution < -0.4 is 14.4 Å². The first-order valence-electron chi connectivity index (χ1n) is 16.5. The third-order valence-electron chi connectivity index (χ3n) is 8.38. The Morgan fingerprint density at radius 1 is 0.735 bits per heavy atom. The molecule has 4 aromatic carbocycles. The van der Waals surface area contributed by atoms with E-state index in [1.807, 2.05) is 72.8 Å². The van der Waals surface area contributed by atoms with Gasteiger partial charge in [-0.1, -0.05) is 68.7 Å². The summed E-state index contributed by atoms with van der Waals surface area (Å²) in [6.45, 7) is 3.10. The molecule has 49 heavy (non-hydrogen) atoms. The minimum absolute atomic E-state index is 0.290. The van der Waals surface area contributed by atoms with Crippen molar-refractivity contribution >= 4 is 41.3 Å². The summed E-state index contributed by atoms with van der Waals surface area (Å²) in [5.41, 5.74) is 7.74. The molecule has 5 rings (SSSR count). The Labute approximate surface area is 288 Å². The van der Waals surface area contributed by atoms with Gasteiger partial charge in [0, 0.05) is 35.0 Å². The number of aromatic nitrogens is 1. The summed E-state index contributed by atoms with van der Waals surface area (Å²) >= 11 is 0. The summed E-state index contributed by atoms with van der Waals surface area (Å²) in [6, 6.07) is 38.2. The number of carboxylic acids is 1. The Morgan fingerprint density at radius 3 is 1.80 bits per heavy atom. The molecular formula is C42H41N3O4. The van der Waals surface area contributed by atoms with Crippen molar-refractivity contribution in [2.75, 3.05) is 19.1 Å². The van der Waals surface area contributed by atoms with Crippen LogP contribution in [-0.2, 0) is 11.3 Å². The zero-order valence-corrected chi connectivity index (χ0v) is 28.2. The number of hydrogen-bond donors (Lipinski definition) is 1. The number of methoxy groups -OCH3 is 2. The van der Waals surface area contributed by atoms with Gasteiger partial charge in [0.2, 0.25) is 0 Å². The molecule has 5 aromatic rings. The van der Waals surface area contributed by atoms with Crippen molar-refractivity contribution in [3.8, 4) is 28.8 Å². The van der Waals surface area contributed by atoms with Crippen molar-refractivity contribution in [2.45, 2.75) is 39.2 Å². The van der Waals surface area contributed by atoms with Crippen molar-refractivity contribution in [3.63, 3.8) is 0 Å². The third-order valence-corrected chi connectivity index (χ3v) is 8.38. The monoisotopic (exact) mass is 651 g/mol. The second-order valence-corrected chi connectivity index (χ2v) is 11.6. The van der Waals surface area contributed by atoms with Gasteiger partial charge in [-0.15, -0.1) is 0 Å². The van der Waals surface area contributed by atoms with Gasteiger partial charge in [-0.3, -0.25) is 0 Å². The van der Waals surface area contributed by atoms with Gasteiger partial charge in [-0.05, 0) is 108 Å². The summed E-state index contributed by atoms with van der Waals surface area (Å²) in [6.07, 6.45) is 10.3. The lowest BCUT2D eigenvalue weighted by atomic mass is 10.1. The molecule has 0 saturated carbocycles. The number of nitriles is 1. The van der Waals surface area contributed by atoms with Gasteiger partial charge in [0.05, 0.1) is 14.2 Å². The fourth-order valence-electron chi connectivity index (χ4n) is 5.71. The Kier molecular flexibility index (Phi) is 11.7. The van der Waals surface area contributed by atoms with Crippen molar-refractivity contribution < 1.29 is 19.4 Å². The molecule has 0 fully saturated rings. The van der Waals surface area contributed by atoms with Crippen LogP contribution in [0.4, 0.5) is 17.1 Å². The molecule has 0 aliphatic rings. The fourth-order valence-corrected chi connectivity index (χ4v) is 5.71. The van der Waals surface area contributed by atoms with Gasteiger partial charge < -0.3 is 24.0 Å². The fraction of sp³-hybridized carbons (Fsp3) is 0.190. The summed E-state index contributed by atoms with van der Waals surface area (Å²) in [7, 11) is 3.33. The lowest BCUT2D eigenvalue weighted by Gasteiger charge is -2.26.